The standard InChI is InChI=1S/C17H27N5O2.ClH/c1-19(13-8-5-4-6-9-13)10-7-11-22-12-18-15-14(22)16(23)21(3)17(24)20(15)2;/h12-13H,4-11H2,1-3H3;1H. The van der Waals surface area contributed by atoms with Crippen molar-refractivity contribution in [1.29, 1.82) is 0 Å². The third kappa shape index (κ3) is 3.82. The van der Waals surface area contributed by atoms with E-state index in [4.69, 9.17) is 0 Å². The Bertz CT molecular complexity index is 832. The van der Waals surface area contributed by atoms with Gasteiger partial charge in [0.1, 0.15) is 0 Å². The number of hydrogen-bond acceptors (Lipinski definition) is 4. The van der Waals surface area contributed by atoms with Gasteiger partial charge in [0.05, 0.1) is 6.33 Å². The number of hydrogen-bond donors (Lipinski definition) is 0. The molecule has 0 N–H and O–H groups in total. The third-order valence-electron chi connectivity index (χ3n) is 5.33. The van der Waals surface area contributed by atoms with Crippen LogP contribution in [0.2, 0.25) is 0 Å². The molecular weight excluding hydrogens is 342 g/mol. The van der Waals surface area contributed by atoms with Gasteiger partial charge in [-0.25, -0.2) is 9.78 Å². The summed E-state index contributed by atoms with van der Waals surface area (Å²) >= 11 is 0. The Labute approximate surface area is 153 Å². The van der Waals surface area contributed by atoms with Crippen LogP contribution in [0.15, 0.2) is 15.9 Å². The second-order valence-electron chi connectivity index (χ2n) is 6.94. The van der Waals surface area contributed by atoms with Crippen LogP contribution in [0, 0.1) is 0 Å². The van der Waals surface area contributed by atoms with Crippen LogP contribution < -0.4 is 11.2 Å². The molecule has 1 saturated carbocycles. The number of nitrogens with zero attached hydrogens (tertiary/aromatic N) is 5. The minimum absolute atomic E-state index is 0. The van der Waals surface area contributed by atoms with Crippen molar-refractivity contribution in [1.82, 2.24) is 23.6 Å². The zero-order valence-electron chi connectivity index (χ0n) is 15.3. The van der Waals surface area contributed by atoms with Crippen LogP contribution in [0.25, 0.3) is 11.2 Å². The summed E-state index contributed by atoms with van der Waals surface area (Å²) in [5.41, 5.74) is 0.365. The van der Waals surface area contributed by atoms with Crippen LogP contribution in [0.3, 0.4) is 0 Å². The van der Waals surface area contributed by atoms with Crippen LogP contribution >= 0.6 is 12.4 Å². The predicted molar refractivity (Wildman–Crippen MR) is 102 cm³/mol. The Balaban J connectivity index is 0.00000225. The summed E-state index contributed by atoms with van der Waals surface area (Å²) in [7, 11) is 5.36. The lowest BCUT2D eigenvalue weighted by molar-refractivity contribution is 0.187. The molecule has 0 atom stereocenters. The molecule has 0 bridgehead atoms. The van der Waals surface area contributed by atoms with Gasteiger partial charge in [0.2, 0.25) is 0 Å². The minimum Gasteiger partial charge on any atom is -0.325 e. The second kappa shape index (κ2) is 8.19. The average Bonchev–Trinajstić information content (AvgIpc) is 3.03. The van der Waals surface area contributed by atoms with Gasteiger partial charge in [-0.2, -0.15) is 0 Å². The fourth-order valence-electron chi connectivity index (χ4n) is 3.76. The normalized spacial score (nSPS) is 15.7. The molecule has 8 heteroatoms. The van der Waals surface area contributed by atoms with E-state index in [0.29, 0.717) is 17.2 Å². The number of aryl methyl sites for hydroxylation is 2. The number of rotatable bonds is 5. The van der Waals surface area contributed by atoms with E-state index in [-0.39, 0.29) is 23.7 Å². The second-order valence-corrected chi connectivity index (χ2v) is 6.94. The quantitative estimate of drug-likeness (QED) is 0.801. The molecule has 0 unspecified atom stereocenters. The Kier molecular flexibility index (Phi) is 6.46. The molecule has 7 nitrogen and oxygen atoms in total. The zero-order chi connectivity index (χ0) is 17.3. The molecule has 140 valence electrons. The van der Waals surface area contributed by atoms with Crippen molar-refractivity contribution in [2.24, 2.45) is 14.1 Å². The van der Waals surface area contributed by atoms with Gasteiger partial charge in [-0.3, -0.25) is 13.9 Å². The molecule has 1 fully saturated rings. The summed E-state index contributed by atoms with van der Waals surface area (Å²) in [4.78, 5) is 31.1. The summed E-state index contributed by atoms with van der Waals surface area (Å²) in [5.74, 6) is 0. The van der Waals surface area contributed by atoms with Crippen molar-refractivity contribution >= 4 is 23.6 Å². The smallest absolute Gasteiger partial charge is 0.325 e. The van der Waals surface area contributed by atoms with Crippen molar-refractivity contribution in [3.05, 3.63) is 27.2 Å². The number of imidazole rings is 1. The van der Waals surface area contributed by atoms with Gasteiger partial charge >= 0.3 is 5.69 Å². The topological polar surface area (TPSA) is 65.1 Å². The molecule has 3 rings (SSSR count). The molecule has 25 heavy (non-hydrogen) atoms. The fourth-order valence-corrected chi connectivity index (χ4v) is 3.76. The highest BCUT2D eigenvalue weighted by Gasteiger charge is 2.18. The summed E-state index contributed by atoms with van der Waals surface area (Å²) in [6.45, 7) is 1.75. The van der Waals surface area contributed by atoms with Crippen molar-refractivity contribution in [3.8, 4) is 0 Å². The molecule has 1 aliphatic rings. The predicted octanol–water partition coefficient (Wildman–Crippen LogP) is 1.51. The summed E-state index contributed by atoms with van der Waals surface area (Å²) in [6.07, 6.45) is 9.28. The Morgan fingerprint density at radius 2 is 1.84 bits per heavy atom. The Morgan fingerprint density at radius 1 is 1.16 bits per heavy atom. The largest absolute Gasteiger partial charge is 0.332 e. The first kappa shape index (κ1) is 19.7. The highest BCUT2D eigenvalue weighted by Crippen LogP contribution is 2.21. The lowest BCUT2D eigenvalue weighted by Crippen LogP contribution is -2.37. The molecule has 0 aromatic carbocycles. The molecule has 0 amide bonds. The van der Waals surface area contributed by atoms with Gasteiger partial charge in [-0.05, 0) is 32.9 Å². The Morgan fingerprint density at radius 3 is 2.52 bits per heavy atom. The molecule has 2 aromatic rings. The van der Waals surface area contributed by atoms with Gasteiger partial charge in [-0.1, -0.05) is 19.3 Å². The molecule has 1 aliphatic carbocycles. The van der Waals surface area contributed by atoms with Gasteiger partial charge in [-0.15, -0.1) is 12.4 Å². The SMILES string of the molecule is CN(CCCn1cnc2c1c(=O)n(C)c(=O)n2C)C1CCCCC1.Cl. The monoisotopic (exact) mass is 369 g/mol. The molecule has 0 aliphatic heterocycles. The van der Waals surface area contributed by atoms with E-state index < -0.39 is 0 Å². The molecular formula is C17H28ClN5O2. The number of halogens is 1. The highest BCUT2D eigenvalue weighted by molar-refractivity contribution is 5.85. The van der Waals surface area contributed by atoms with Crippen molar-refractivity contribution in [3.63, 3.8) is 0 Å². The summed E-state index contributed by atoms with van der Waals surface area (Å²) in [5, 5.41) is 0. The van der Waals surface area contributed by atoms with E-state index in [2.05, 4.69) is 16.9 Å². The average molecular weight is 370 g/mol. The van der Waals surface area contributed by atoms with Crippen LogP contribution in [0.4, 0.5) is 0 Å². The Hall–Kier alpha value is -1.60. The van der Waals surface area contributed by atoms with Crippen LogP contribution in [-0.4, -0.2) is 43.2 Å². The fraction of sp³-hybridized carbons (Fsp3) is 0.706. The third-order valence-corrected chi connectivity index (χ3v) is 5.33. The highest BCUT2D eigenvalue weighted by atomic mass is 35.5. The van der Waals surface area contributed by atoms with Gasteiger partial charge < -0.3 is 9.47 Å². The van der Waals surface area contributed by atoms with Crippen LogP contribution in [-0.2, 0) is 20.6 Å². The number of aromatic nitrogens is 4. The van der Waals surface area contributed by atoms with E-state index in [1.807, 2.05) is 4.57 Å². The van der Waals surface area contributed by atoms with Crippen molar-refractivity contribution < 1.29 is 0 Å². The van der Waals surface area contributed by atoms with Crippen molar-refractivity contribution in [2.75, 3.05) is 13.6 Å². The van der Waals surface area contributed by atoms with Crippen LogP contribution in [0.5, 0.6) is 0 Å². The van der Waals surface area contributed by atoms with Gasteiger partial charge in [0.15, 0.2) is 11.2 Å². The summed E-state index contributed by atoms with van der Waals surface area (Å²) in [6, 6.07) is 0.701. The maximum Gasteiger partial charge on any atom is 0.332 e. The molecule has 0 radical (unpaired) electrons. The molecule has 0 saturated heterocycles. The minimum atomic E-state index is -0.338. The zero-order valence-corrected chi connectivity index (χ0v) is 16.1. The van der Waals surface area contributed by atoms with E-state index in [0.717, 1.165) is 24.1 Å². The molecule has 2 aromatic heterocycles. The van der Waals surface area contributed by atoms with Gasteiger partial charge in [0, 0.05) is 26.7 Å². The summed E-state index contributed by atoms with van der Waals surface area (Å²) < 4.78 is 4.46. The first-order valence-electron chi connectivity index (χ1n) is 8.82. The van der Waals surface area contributed by atoms with E-state index >= 15 is 0 Å². The van der Waals surface area contributed by atoms with Crippen LogP contribution in [0.1, 0.15) is 38.5 Å². The number of fused-ring (bicyclic) bond motifs is 1. The van der Waals surface area contributed by atoms with Crippen molar-refractivity contribution in [2.45, 2.75) is 51.1 Å². The lowest BCUT2D eigenvalue weighted by Gasteiger charge is -2.31. The maximum atomic E-state index is 12.4. The first-order valence-corrected chi connectivity index (χ1v) is 8.82. The van der Waals surface area contributed by atoms with E-state index in [1.165, 1.54) is 43.7 Å². The molecule has 2 heterocycles. The maximum absolute atomic E-state index is 12.4. The van der Waals surface area contributed by atoms with Gasteiger partial charge in [0.25, 0.3) is 5.56 Å². The van der Waals surface area contributed by atoms with E-state index in [9.17, 15) is 9.59 Å². The molecule has 0 spiro atoms. The lowest BCUT2D eigenvalue weighted by atomic mass is 9.94. The first-order chi connectivity index (χ1) is 11.5. The van der Waals surface area contributed by atoms with E-state index in [1.54, 1.807) is 13.4 Å².